The van der Waals surface area contributed by atoms with Crippen LogP contribution >= 0.6 is 27.3 Å². The van der Waals surface area contributed by atoms with E-state index in [1.807, 2.05) is 23.0 Å². The van der Waals surface area contributed by atoms with Gasteiger partial charge >= 0.3 is 0 Å². The molecular formula is C11H11BrN2OS. The number of hydrogen-bond donors (Lipinski definition) is 2. The van der Waals surface area contributed by atoms with Crippen molar-refractivity contribution in [3.63, 3.8) is 0 Å². The van der Waals surface area contributed by atoms with Crippen molar-refractivity contribution in [1.82, 2.24) is 10.3 Å². The molecule has 0 atom stereocenters. The second-order valence-electron chi connectivity index (χ2n) is 3.37. The van der Waals surface area contributed by atoms with E-state index in [0.29, 0.717) is 0 Å². The average Bonchev–Trinajstić information content (AvgIpc) is 2.76. The van der Waals surface area contributed by atoms with Crippen LogP contribution in [-0.2, 0) is 13.1 Å². The van der Waals surface area contributed by atoms with Crippen LogP contribution in [0.25, 0.3) is 0 Å². The van der Waals surface area contributed by atoms with Gasteiger partial charge in [-0.25, -0.2) is 4.98 Å². The summed E-state index contributed by atoms with van der Waals surface area (Å²) in [5, 5.41) is 14.7. The van der Waals surface area contributed by atoms with Crippen LogP contribution in [-0.4, -0.2) is 10.1 Å². The molecule has 1 heterocycles. The molecule has 1 aromatic heterocycles. The second-order valence-corrected chi connectivity index (χ2v) is 4.94. The number of nitrogens with zero attached hydrogens (tertiary/aromatic N) is 1. The van der Waals surface area contributed by atoms with E-state index in [0.717, 1.165) is 28.8 Å². The number of thiazole rings is 1. The molecule has 0 fully saturated rings. The number of hydrogen-bond acceptors (Lipinski definition) is 4. The Labute approximate surface area is 106 Å². The molecule has 0 bridgehead atoms. The molecule has 5 heteroatoms. The molecule has 3 nitrogen and oxygen atoms in total. The quantitative estimate of drug-likeness (QED) is 0.912. The monoisotopic (exact) mass is 298 g/mol. The summed E-state index contributed by atoms with van der Waals surface area (Å²) in [4.78, 5) is 4.19. The van der Waals surface area contributed by atoms with Gasteiger partial charge in [-0.1, -0.05) is 6.07 Å². The topological polar surface area (TPSA) is 45.1 Å². The Balaban J connectivity index is 1.87. The molecule has 1 aromatic carbocycles. The zero-order valence-electron chi connectivity index (χ0n) is 8.48. The molecule has 0 saturated carbocycles. The minimum atomic E-state index is 0.267. The van der Waals surface area contributed by atoms with Crippen LogP contribution in [0.1, 0.15) is 11.3 Å². The Morgan fingerprint density at radius 3 is 2.94 bits per heavy atom. The van der Waals surface area contributed by atoms with Crippen molar-refractivity contribution in [1.29, 1.82) is 0 Å². The van der Waals surface area contributed by atoms with E-state index in [2.05, 4.69) is 26.2 Å². The smallest absolute Gasteiger partial charge is 0.129 e. The number of phenols is 1. The fraction of sp³-hybridized carbons (Fsp3) is 0.182. The minimum Gasteiger partial charge on any atom is -0.507 e. The third-order valence-corrected chi connectivity index (χ3v) is 3.40. The third-order valence-electron chi connectivity index (χ3n) is 2.13. The average molecular weight is 299 g/mol. The summed E-state index contributed by atoms with van der Waals surface area (Å²) in [5.74, 6) is 0.267. The normalized spacial score (nSPS) is 10.6. The number of phenolic OH excluding ortho intramolecular Hbond substituents is 1. The number of aromatic nitrogens is 1. The van der Waals surface area contributed by atoms with Gasteiger partial charge in [-0.05, 0) is 33.6 Å². The first kappa shape index (κ1) is 11.6. The van der Waals surface area contributed by atoms with Gasteiger partial charge < -0.3 is 10.4 Å². The van der Waals surface area contributed by atoms with Gasteiger partial charge in [0.25, 0.3) is 0 Å². The number of rotatable bonds is 4. The Bertz CT molecular complexity index is 459. The predicted molar refractivity (Wildman–Crippen MR) is 68.5 cm³/mol. The molecule has 16 heavy (non-hydrogen) atoms. The van der Waals surface area contributed by atoms with E-state index < -0.39 is 0 Å². The molecule has 0 aliphatic carbocycles. The highest BCUT2D eigenvalue weighted by Crippen LogP contribution is 2.24. The van der Waals surface area contributed by atoms with E-state index in [4.69, 9.17) is 0 Å². The van der Waals surface area contributed by atoms with Gasteiger partial charge in [0, 0.05) is 18.5 Å². The summed E-state index contributed by atoms with van der Waals surface area (Å²) in [6.45, 7) is 1.53. The Morgan fingerprint density at radius 1 is 1.38 bits per heavy atom. The molecule has 0 amide bonds. The van der Waals surface area contributed by atoms with Crippen molar-refractivity contribution in [2.75, 3.05) is 0 Å². The van der Waals surface area contributed by atoms with E-state index in [-0.39, 0.29) is 5.75 Å². The van der Waals surface area contributed by atoms with Crippen LogP contribution < -0.4 is 5.32 Å². The van der Waals surface area contributed by atoms with Crippen molar-refractivity contribution < 1.29 is 5.11 Å². The second kappa shape index (κ2) is 5.43. The van der Waals surface area contributed by atoms with Gasteiger partial charge in [-0.15, -0.1) is 11.3 Å². The van der Waals surface area contributed by atoms with E-state index in [1.165, 1.54) is 0 Å². The molecule has 0 aliphatic heterocycles. The number of nitrogens with one attached hydrogen (secondary N) is 1. The van der Waals surface area contributed by atoms with Crippen LogP contribution in [0, 0.1) is 0 Å². The van der Waals surface area contributed by atoms with Crippen molar-refractivity contribution in [2.45, 2.75) is 13.1 Å². The lowest BCUT2D eigenvalue weighted by Crippen LogP contribution is -2.12. The summed E-state index contributed by atoms with van der Waals surface area (Å²) in [6, 6.07) is 5.49. The lowest BCUT2D eigenvalue weighted by Gasteiger charge is -2.04. The maximum atomic E-state index is 9.34. The lowest BCUT2D eigenvalue weighted by atomic mass is 10.2. The summed E-state index contributed by atoms with van der Waals surface area (Å²) in [7, 11) is 0. The SMILES string of the molecule is Oc1ccc(CNCc2cscn2)cc1Br. The van der Waals surface area contributed by atoms with Gasteiger partial charge in [0.2, 0.25) is 0 Å². The zero-order chi connectivity index (χ0) is 11.4. The summed E-state index contributed by atoms with van der Waals surface area (Å²) in [6.07, 6.45) is 0. The maximum absolute atomic E-state index is 9.34. The molecule has 0 spiro atoms. The molecule has 0 radical (unpaired) electrons. The van der Waals surface area contributed by atoms with Gasteiger partial charge in [-0.3, -0.25) is 0 Å². The zero-order valence-corrected chi connectivity index (χ0v) is 10.9. The van der Waals surface area contributed by atoms with Crippen LogP contribution in [0.15, 0.2) is 33.6 Å². The van der Waals surface area contributed by atoms with E-state index >= 15 is 0 Å². The van der Waals surface area contributed by atoms with Crippen LogP contribution in [0.3, 0.4) is 0 Å². The molecular weight excluding hydrogens is 288 g/mol. The molecule has 0 aliphatic rings. The fourth-order valence-corrected chi connectivity index (χ4v) is 2.30. The van der Waals surface area contributed by atoms with Crippen LogP contribution in [0.2, 0.25) is 0 Å². The van der Waals surface area contributed by atoms with E-state index in [9.17, 15) is 5.11 Å². The highest BCUT2D eigenvalue weighted by molar-refractivity contribution is 9.10. The maximum Gasteiger partial charge on any atom is 0.129 e. The highest BCUT2D eigenvalue weighted by Gasteiger charge is 2.00. The Kier molecular flexibility index (Phi) is 3.93. The van der Waals surface area contributed by atoms with Crippen molar-refractivity contribution in [3.8, 4) is 5.75 Å². The number of halogens is 1. The fourth-order valence-electron chi connectivity index (χ4n) is 1.32. The van der Waals surface area contributed by atoms with Gasteiger partial charge in [0.15, 0.2) is 0 Å². The van der Waals surface area contributed by atoms with Gasteiger partial charge in [0.1, 0.15) is 5.75 Å². The number of aromatic hydroxyl groups is 1. The number of benzene rings is 1. The molecule has 0 saturated heterocycles. The van der Waals surface area contributed by atoms with Crippen molar-refractivity contribution in [2.24, 2.45) is 0 Å². The Morgan fingerprint density at radius 2 is 2.25 bits per heavy atom. The summed E-state index contributed by atoms with van der Waals surface area (Å²) >= 11 is 4.89. The molecule has 2 aromatic rings. The summed E-state index contributed by atoms with van der Waals surface area (Å²) < 4.78 is 0.723. The van der Waals surface area contributed by atoms with Gasteiger partial charge in [-0.2, -0.15) is 0 Å². The molecule has 2 rings (SSSR count). The standard InChI is InChI=1S/C11H11BrN2OS/c12-10-3-8(1-2-11(10)15)4-13-5-9-6-16-7-14-9/h1-3,6-7,13,15H,4-5H2. The molecule has 2 N–H and O–H groups in total. The first-order chi connectivity index (χ1) is 7.75. The first-order valence-corrected chi connectivity index (χ1v) is 6.54. The molecule has 84 valence electrons. The molecule has 0 unspecified atom stereocenters. The van der Waals surface area contributed by atoms with Gasteiger partial charge in [0.05, 0.1) is 15.7 Å². The largest absolute Gasteiger partial charge is 0.507 e. The van der Waals surface area contributed by atoms with Crippen LogP contribution in [0.4, 0.5) is 0 Å². The highest BCUT2D eigenvalue weighted by atomic mass is 79.9. The van der Waals surface area contributed by atoms with Crippen LogP contribution in [0.5, 0.6) is 5.75 Å². The predicted octanol–water partition coefficient (Wildman–Crippen LogP) is 2.90. The van der Waals surface area contributed by atoms with Crippen molar-refractivity contribution >= 4 is 27.3 Å². The Hall–Kier alpha value is -0.910. The first-order valence-electron chi connectivity index (χ1n) is 4.81. The third kappa shape index (κ3) is 3.04. The van der Waals surface area contributed by atoms with E-state index in [1.54, 1.807) is 17.4 Å². The minimum absolute atomic E-state index is 0.267. The van der Waals surface area contributed by atoms with Crippen molar-refractivity contribution in [3.05, 3.63) is 44.8 Å². The lowest BCUT2D eigenvalue weighted by molar-refractivity contribution is 0.471. The summed E-state index contributed by atoms with van der Waals surface area (Å²) in [5.41, 5.74) is 4.01.